The van der Waals surface area contributed by atoms with E-state index < -0.39 is 0 Å². The largest absolute Gasteiger partial charge is 0.512 e. The smallest absolute Gasteiger partial charge is 0.189 e. The molecule has 0 radical (unpaired) electrons. The molecule has 0 unspecified atom stereocenters. The van der Waals surface area contributed by atoms with Gasteiger partial charge in [0.1, 0.15) is 5.75 Å². The number of ether oxygens (including phenoxy) is 1. The minimum Gasteiger partial charge on any atom is -0.512 e. The van der Waals surface area contributed by atoms with Crippen molar-refractivity contribution in [2.24, 2.45) is 0 Å². The van der Waals surface area contributed by atoms with E-state index in [-0.39, 0.29) is 11.5 Å². The highest BCUT2D eigenvalue weighted by Crippen LogP contribution is 2.14. The summed E-state index contributed by atoms with van der Waals surface area (Å²) in [6, 6.07) is 7.18. The van der Waals surface area contributed by atoms with Gasteiger partial charge in [0.25, 0.3) is 0 Å². The lowest BCUT2D eigenvalue weighted by Gasteiger charge is -2.21. The lowest BCUT2D eigenvalue weighted by Crippen LogP contribution is -2.28. The molecule has 1 rings (SSSR count). The Balaban J connectivity index is 2.40. The van der Waals surface area contributed by atoms with Gasteiger partial charge in [-0.1, -0.05) is 40.0 Å². The lowest BCUT2D eigenvalue weighted by molar-refractivity contribution is 0.104. The summed E-state index contributed by atoms with van der Waals surface area (Å²) in [6.07, 6.45) is 9.73. The lowest BCUT2D eigenvalue weighted by atomic mass is 10.1. The fourth-order valence-electron chi connectivity index (χ4n) is 2.96. The molecular weight excluding hydrogens is 350 g/mol. The highest BCUT2D eigenvalue weighted by atomic mass is 16.5. The summed E-state index contributed by atoms with van der Waals surface area (Å²) in [4.78, 5) is 14.7. The number of aliphatic hydroxyl groups excluding tert-OH is 1. The van der Waals surface area contributed by atoms with Crippen LogP contribution in [0.2, 0.25) is 0 Å². The van der Waals surface area contributed by atoms with Crippen molar-refractivity contribution in [3.8, 4) is 5.75 Å². The molecule has 0 saturated carbocycles. The van der Waals surface area contributed by atoms with E-state index in [1.165, 1.54) is 44.8 Å². The Morgan fingerprint density at radius 1 is 0.929 bits per heavy atom. The van der Waals surface area contributed by atoms with E-state index >= 15 is 0 Å². The van der Waals surface area contributed by atoms with Crippen LogP contribution in [0.25, 0.3) is 0 Å². The summed E-state index contributed by atoms with van der Waals surface area (Å²) < 4.78 is 5.83. The Morgan fingerprint density at radius 2 is 1.50 bits per heavy atom. The van der Waals surface area contributed by atoms with Gasteiger partial charge in [-0.25, -0.2) is 0 Å². The van der Waals surface area contributed by atoms with Gasteiger partial charge in [-0.05, 0) is 63.0 Å². The molecule has 1 aromatic carbocycles. The monoisotopic (exact) mass is 389 g/mol. The van der Waals surface area contributed by atoms with E-state index in [0.29, 0.717) is 18.6 Å². The second-order valence-electron chi connectivity index (χ2n) is 7.38. The van der Waals surface area contributed by atoms with Crippen molar-refractivity contribution in [3.05, 3.63) is 41.7 Å². The topological polar surface area (TPSA) is 49.8 Å². The van der Waals surface area contributed by atoms with Crippen LogP contribution in [0.3, 0.4) is 0 Å². The van der Waals surface area contributed by atoms with Gasteiger partial charge in [-0.2, -0.15) is 0 Å². The number of unbranched alkanes of at least 4 members (excludes halogenated alkanes) is 3. The molecule has 0 aliphatic rings. The van der Waals surface area contributed by atoms with Gasteiger partial charge in [0.05, 0.1) is 12.4 Å². The number of benzene rings is 1. The molecule has 28 heavy (non-hydrogen) atoms. The van der Waals surface area contributed by atoms with Crippen LogP contribution in [-0.4, -0.2) is 42.0 Å². The van der Waals surface area contributed by atoms with E-state index in [0.717, 1.165) is 31.6 Å². The molecule has 0 fully saturated rings. The predicted octanol–water partition coefficient (Wildman–Crippen LogP) is 6.17. The summed E-state index contributed by atoms with van der Waals surface area (Å²) in [7, 11) is 0. The molecule has 4 nitrogen and oxygen atoms in total. The highest BCUT2D eigenvalue weighted by Gasteiger charge is 2.06. The zero-order valence-electron chi connectivity index (χ0n) is 18.1. The Hall–Kier alpha value is -1.81. The van der Waals surface area contributed by atoms with Crippen molar-refractivity contribution < 1.29 is 14.6 Å². The SMILES string of the molecule is CCCC/C(O)=C\C(=O)c1ccc(OCCCN(CCCC)CCCC)cc1. The maximum Gasteiger partial charge on any atom is 0.189 e. The molecule has 0 saturated heterocycles. The van der Waals surface area contributed by atoms with Gasteiger partial charge in [0.15, 0.2) is 5.78 Å². The first-order chi connectivity index (χ1) is 13.6. The number of rotatable bonds is 16. The molecule has 0 aliphatic heterocycles. The Bertz CT molecular complexity index is 558. The van der Waals surface area contributed by atoms with Gasteiger partial charge in [0, 0.05) is 24.6 Å². The number of allylic oxidation sites excluding steroid dienone is 2. The van der Waals surface area contributed by atoms with Crippen LogP contribution >= 0.6 is 0 Å². The molecule has 158 valence electrons. The van der Waals surface area contributed by atoms with Crippen molar-refractivity contribution in [1.29, 1.82) is 0 Å². The minimum atomic E-state index is -0.164. The number of nitrogens with zero attached hydrogens (tertiary/aromatic N) is 1. The summed E-state index contributed by atoms with van der Waals surface area (Å²) in [5, 5.41) is 9.77. The molecule has 0 spiro atoms. The van der Waals surface area contributed by atoms with Crippen molar-refractivity contribution in [2.45, 2.75) is 72.1 Å². The maximum absolute atomic E-state index is 12.2. The van der Waals surface area contributed by atoms with Crippen LogP contribution in [0.1, 0.15) is 82.5 Å². The second-order valence-corrected chi connectivity index (χ2v) is 7.38. The molecule has 0 heterocycles. The minimum absolute atomic E-state index is 0.155. The van der Waals surface area contributed by atoms with E-state index in [9.17, 15) is 9.90 Å². The number of ketones is 1. The standard InChI is InChI=1S/C24H39NO3/c1-4-7-11-22(26)20-24(27)21-12-14-23(15-13-21)28-19-10-18-25(16-8-5-2)17-9-6-3/h12-15,20,26H,4-11,16-19H2,1-3H3/b22-20+. The van der Waals surface area contributed by atoms with Crippen molar-refractivity contribution in [3.63, 3.8) is 0 Å². The molecule has 1 aromatic rings. The number of carbonyl (C=O) groups is 1. The molecule has 0 atom stereocenters. The number of aliphatic hydroxyl groups is 1. The fraction of sp³-hybridized carbons (Fsp3) is 0.625. The normalized spacial score (nSPS) is 11.8. The summed E-state index contributed by atoms with van der Waals surface area (Å²) >= 11 is 0. The van der Waals surface area contributed by atoms with E-state index in [4.69, 9.17) is 4.74 Å². The average Bonchev–Trinajstić information content (AvgIpc) is 2.71. The third kappa shape index (κ3) is 10.5. The summed E-state index contributed by atoms with van der Waals surface area (Å²) in [5.74, 6) is 0.773. The first kappa shape index (κ1) is 24.2. The second kappa shape index (κ2) is 15.2. The van der Waals surface area contributed by atoms with Crippen molar-refractivity contribution >= 4 is 5.78 Å². The Kier molecular flexibility index (Phi) is 13.1. The maximum atomic E-state index is 12.2. The summed E-state index contributed by atoms with van der Waals surface area (Å²) in [6.45, 7) is 10.6. The molecule has 0 aliphatic carbocycles. The number of carbonyl (C=O) groups excluding carboxylic acids is 1. The molecule has 4 heteroatoms. The van der Waals surface area contributed by atoms with Crippen molar-refractivity contribution in [2.75, 3.05) is 26.2 Å². The molecule has 0 bridgehead atoms. The summed E-state index contributed by atoms with van der Waals surface area (Å²) in [5.41, 5.74) is 0.570. The average molecular weight is 390 g/mol. The third-order valence-corrected chi connectivity index (χ3v) is 4.77. The van der Waals surface area contributed by atoms with Crippen LogP contribution in [0.15, 0.2) is 36.1 Å². The van der Waals surface area contributed by atoms with Crippen LogP contribution in [0, 0.1) is 0 Å². The van der Waals surface area contributed by atoms with Gasteiger partial charge in [0.2, 0.25) is 0 Å². The van der Waals surface area contributed by atoms with Crippen molar-refractivity contribution in [1.82, 2.24) is 4.90 Å². The number of hydrogen-bond acceptors (Lipinski definition) is 4. The van der Waals surface area contributed by atoms with Crippen LogP contribution in [0.4, 0.5) is 0 Å². The molecular formula is C24H39NO3. The third-order valence-electron chi connectivity index (χ3n) is 4.77. The van der Waals surface area contributed by atoms with Gasteiger partial charge in [-0.3, -0.25) is 4.79 Å². The van der Waals surface area contributed by atoms with Crippen LogP contribution < -0.4 is 4.74 Å². The fourth-order valence-corrected chi connectivity index (χ4v) is 2.96. The van der Waals surface area contributed by atoms with Crippen LogP contribution in [-0.2, 0) is 0 Å². The van der Waals surface area contributed by atoms with Gasteiger partial charge < -0.3 is 14.7 Å². The van der Waals surface area contributed by atoms with E-state index in [1.54, 1.807) is 12.1 Å². The van der Waals surface area contributed by atoms with E-state index in [1.807, 2.05) is 12.1 Å². The Morgan fingerprint density at radius 3 is 2.07 bits per heavy atom. The zero-order valence-corrected chi connectivity index (χ0v) is 18.1. The molecule has 1 N–H and O–H groups in total. The van der Waals surface area contributed by atoms with Crippen LogP contribution in [0.5, 0.6) is 5.75 Å². The quantitative estimate of drug-likeness (QED) is 0.159. The highest BCUT2D eigenvalue weighted by molar-refractivity contribution is 6.04. The zero-order chi connectivity index (χ0) is 20.6. The molecule has 0 amide bonds. The van der Waals surface area contributed by atoms with Gasteiger partial charge >= 0.3 is 0 Å². The number of hydrogen-bond donors (Lipinski definition) is 1. The first-order valence-electron chi connectivity index (χ1n) is 11.0. The van der Waals surface area contributed by atoms with E-state index in [2.05, 4.69) is 25.7 Å². The Labute approximate surface area is 171 Å². The molecule has 0 aromatic heterocycles. The van der Waals surface area contributed by atoms with Gasteiger partial charge in [-0.15, -0.1) is 0 Å². The first-order valence-corrected chi connectivity index (χ1v) is 11.0. The predicted molar refractivity (Wildman–Crippen MR) is 117 cm³/mol.